The number of alkyl halides is 1. The molecule has 3 rings (SSSR count). The summed E-state index contributed by atoms with van der Waals surface area (Å²) in [6.07, 6.45) is 0.336. The summed E-state index contributed by atoms with van der Waals surface area (Å²) in [6, 6.07) is 0.237. The van der Waals surface area contributed by atoms with Gasteiger partial charge in [-0.25, -0.2) is 24.1 Å². The summed E-state index contributed by atoms with van der Waals surface area (Å²) in [4.78, 5) is 41.3. The van der Waals surface area contributed by atoms with Crippen molar-refractivity contribution < 1.29 is 14.0 Å². The van der Waals surface area contributed by atoms with Crippen LogP contribution < -0.4 is 16.0 Å². The average Bonchev–Trinajstić information content (AvgIpc) is 3.26. The van der Waals surface area contributed by atoms with E-state index in [0.717, 1.165) is 22.9 Å². The van der Waals surface area contributed by atoms with E-state index in [9.17, 15) is 14.0 Å². The molecule has 0 aromatic carbocycles. The summed E-state index contributed by atoms with van der Waals surface area (Å²) >= 11 is 1.26. The number of hydrogen-bond acceptors (Lipinski definition) is 7. The molecule has 1 aliphatic heterocycles. The van der Waals surface area contributed by atoms with Crippen LogP contribution in [0.3, 0.4) is 0 Å². The Labute approximate surface area is 172 Å². The van der Waals surface area contributed by atoms with Crippen molar-refractivity contribution in [3.63, 3.8) is 0 Å². The van der Waals surface area contributed by atoms with Crippen LogP contribution in [0, 0.1) is 6.92 Å². The second-order valence-corrected chi connectivity index (χ2v) is 7.68. The van der Waals surface area contributed by atoms with Gasteiger partial charge in [-0.1, -0.05) is 11.3 Å². The molecule has 9 nitrogen and oxygen atoms in total. The van der Waals surface area contributed by atoms with Gasteiger partial charge in [0.15, 0.2) is 5.13 Å². The van der Waals surface area contributed by atoms with Crippen molar-refractivity contribution >= 4 is 34.4 Å². The van der Waals surface area contributed by atoms with E-state index in [0.29, 0.717) is 22.5 Å². The predicted molar refractivity (Wildman–Crippen MR) is 110 cm³/mol. The summed E-state index contributed by atoms with van der Waals surface area (Å²) in [7, 11) is 0. The summed E-state index contributed by atoms with van der Waals surface area (Å²) in [5, 5.41) is 2.99. The molecule has 3 amide bonds. The zero-order valence-electron chi connectivity index (χ0n) is 16.6. The van der Waals surface area contributed by atoms with Gasteiger partial charge in [-0.3, -0.25) is 10.1 Å². The van der Waals surface area contributed by atoms with Crippen molar-refractivity contribution in [2.75, 3.05) is 29.9 Å². The number of urea groups is 1. The molecule has 3 N–H and O–H groups in total. The van der Waals surface area contributed by atoms with Gasteiger partial charge in [-0.05, 0) is 26.8 Å². The number of halogens is 1. The molecule has 0 radical (unpaired) electrons. The van der Waals surface area contributed by atoms with Crippen molar-refractivity contribution in [2.45, 2.75) is 39.4 Å². The van der Waals surface area contributed by atoms with Crippen molar-refractivity contribution in [2.24, 2.45) is 5.73 Å². The minimum absolute atomic E-state index is 0.0834. The van der Waals surface area contributed by atoms with E-state index in [1.165, 1.54) is 11.3 Å². The standard InChI is InChI=1S/C18H24FN7O2S/c1-4-25(5-2)16-21-7-6-12(23-16)14-10(3)22-17(29-14)24-18(28)26-9-11(19)8-13(26)15(20)27/h6-7,11,13H,4-5,8-9H2,1-3H3,(H2,20,27)(H,22,24,28)/t11-,13-/m0/s1. The number of hydrogen-bond donors (Lipinski definition) is 2. The quantitative estimate of drug-likeness (QED) is 0.738. The number of aromatic nitrogens is 3. The highest BCUT2D eigenvalue weighted by molar-refractivity contribution is 7.19. The largest absolute Gasteiger partial charge is 0.368 e. The van der Waals surface area contributed by atoms with Crippen LogP contribution >= 0.6 is 11.3 Å². The van der Waals surface area contributed by atoms with E-state index in [1.807, 2.05) is 25.7 Å². The van der Waals surface area contributed by atoms with E-state index in [1.54, 1.807) is 12.3 Å². The van der Waals surface area contributed by atoms with Crippen LogP contribution in [0.4, 0.5) is 20.3 Å². The second-order valence-electron chi connectivity index (χ2n) is 6.68. The number of carbonyl (C=O) groups is 2. The van der Waals surface area contributed by atoms with Gasteiger partial charge < -0.3 is 15.5 Å². The lowest BCUT2D eigenvalue weighted by molar-refractivity contribution is -0.121. The van der Waals surface area contributed by atoms with Gasteiger partial charge in [0.25, 0.3) is 0 Å². The third-order valence-corrected chi connectivity index (χ3v) is 5.87. The summed E-state index contributed by atoms with van der Waals surface area (Å²) in [6.45, 7) is 7.29. The third kappa shape index (κ3) is 4.44. The molecular weight excluding hydrogens is 397 g/mol. The zero-order chi connectivity index (χ0) is 21.1. The number of likely N-dealkylation sites (tertiary alicyclic amines) is 1. The van der Waals surface area contributed by atoms with Crippen LogP contribution in [-0.2, 0) is 4.79 Å². The second kappa shape index (κ2) is 8.68. The fourth-order valence-corrected chi connectivity index (χ4v) is 4.19. The number of rotatable bonds is 6. The van der Waals surface area contributed by atoms with Crippen molar-refractivity contribution in [3.05, 3.63) is 18.0 Å². The lowest BCUT2D eigenvalue weighted by atomic mass is 10.2. The first-order valence-electron chi connectivity index (χ1n) is 9.40. The van der Waals surface area contributed by atoms with E-state index in [2.05, 4.69) is 20.3 Å². The molecule has 29 heavy (non-hydrogen) atoms. The molecular formula is C18H24FN7O2S. The van der Waals surface area contributed by atoms with E-state index < -0.39 is 24.2 Å². The van der Waals surface area contributed by atoms with E-state index in [4.69, 9.17) is 5.73 Å². The monoisotopic (exact) mass is 421 g/mol. The summed E-state index contributed by atoms with van der Waals surface area (Å²) < 4.78 is 13.7. The Morgan fingerprint density at radius 2 is 2.10 bits per heavy atom. The van der Waals surface area contributed by atoms with Gasteiger partial charge >= 0.3 is 6.03 Å². The number of amides is 3. The first-order chi connectivity index (χ1) is 13.8. The van der Waals surface area contributed by atoms with Crippen LogP contribution in [0.5, 0.6) is 0 Å². The molecule has 2 atom stereocenters. The molecule has 1 fully saturated rings. The Morgan fingerprint density at radius 1 is 1.38 bits per heavy atom. The molecule has 0 unspecified atom stereocenters. The van der Waals surface area contributed by atoms with Gasteiger partial charge in [0.05, 0.1) is 22.8 Å². The minimum atomic E-state index is -1.27. The number of nitrogens with zero attached hydrogens (tertiary/aromatic N) is 5. The Kier molecular flexibility index (Phi) is 6.26. The molecule has 0 aliphatic carbocycles. The Bertz CT molecular complexity index is 902. The first kappa shape index (κ1) is 20.9. The van der Waals surface area contributed by atoms with Crippen molar-refractivity contribution in [1.82, 2.24) is 19.9 Å². The third-order valence-electron chi connectivity index (χ3n) is 4.77. The SMILES string of the molecule is CCN(CC)c1nccc(-c2sc(NC(=O)N3C[C@@H](F)C[C@H]3C(N)=O)nc2C)n1. The highest BCUT2D eigenvalue weighted by Crippen LogP contribution is 2.32. The maximum atomic E-state index is 13.7. The molecule has 156 valence electrons. The summed E-state index contributed by atoms with van der Waals surface area (Å²) in [5.41, 5.74) is 6.69. The van der Waals surface area contributed by atoms with Gasteiger partial charge in [0.2, 0.25) is 11.9 Å². The Balaban J connectivity index is 1.80. The van der Waals surface area contributed by atoms with Gasteiger partial charge in [0, 0.05) is 25.7 Å². The normalized spacial score (nSPS) is 18.7. The average molecular weight is 422 g/mol. The maximum absolute atomic E-state index is 13.7. The molecule has 11 heteroatoms. The number of carbonyl (C=O) groups excluding carboxylic acids is 2. The van der Waals surface area contributed by atoms with Crippen molar-refractivity contribution in [3.8, 4) is 10.6 Å². The molecule has 0 spiro atoms. The van der Waals surface area contributed by atoms with Crippen LogP contribution in [0.1, 0.15) is 26.0 Å². The number of nitrogens with one attached hydrogen (secondary N) is 1. The van der Waals surface area contributed by atoms with Crippen LogP contribution in [0.15, 0.2) is 12.3 Å². The van der Waals surface area contributed by atoms with Crippen LogP contribution in [0.2, 0.25) is 0 Å². The highest BCUT2D eigenvalue weighted by atomic mass is 32.1. The molecule has 2 aromatic heterocycles. The number of anilines is 2. The fourth-order valence-electron chi connectivity index (χ4n) is 3.26. The number of thiazole rings is 1. The van der Waals surface area contributed by atoms with E-state index >= 15 is 0 Å². The molecule has 1 saturated heterocycles. The smallest absolute Gasteiger partial charge is 0.324 e. The number of nitrogens with two attached hydrogens (primary N) is 1. The zero-order valence-corrected chi connectivity index (χ0v) is 17.4. The minimum Gasteiger partial charge on any atom is -0.368 e. The highest BCUT2D eigenvalue weighted by Gasteiger charge is 2.39. The Hall–Kier alpha value is -2.82. The molecule has 2 aromatic rings. The molecule has 0 saturated carbocycles. The van der Waals surface area contributed by atoms with Gasteiger partial charge in [-0.15, -0.1) is 0 Å². The number of primary amides is 1. The van der Waals surface area contributed by atoms with Crippen molar-refractivity contribution in [1.29, 1.82) is 0 Å². The van der Waals surface area contributed by atoms with E-state index in [-0.39, 0.29) is 13.0 Å². The first-order valence-corrected chi connectivity index (χ1v) is 10.2. The molecule has 0 bridgehead atoms. The number of aryl methyl sites for hydroxylation is 1. The van der Waals surface area contributed by atoms with Gasteiger partial charge in [0.1, 0.15) is 12.2 Å². The topological polar surface area (TPSA) is 117 Å². The lowest BCUT2D eigenvalue weighted by Crippen LogP contribution is -2.45. The predicted octanol–water partition coefficient (Wildman–Crippen LogP) is 2.18. The Morgan fingerprint density at radius 3 is 2.76 bits per heavy atom. The summed E-state index contributed by atoms with van der Waals surface area (Å²) in [5.74, 6) is -0.0949. The van der Waals surface area contributed by atoms with Crippen LogP contribution in [-0.4, -0.2) is 63.6 Å². The lowest BCUT2D eigenvalue weighted by Gasteiger charge is -2.21. The van der Waals surface area contributed by atoms with Gasteiger partial charge in [-0.2, -0.15) is 0 Å². The molecule has 3 heterocycles. The van der Waals surface area contributed by atoms with Crippen LogP contribution in [0.25, 0.3) is 10.6 Å². The molecule has 1 aliphatic rings. The maximum Gasteiger partial charge on any atom is 0.324 e. The fraction of sp³-hybridized carbons (Fsp3) is 0.500.